The first-order valence-corrected chi connectivity index (χ1v) is 7.27. The molecule has 1 heterocycles. The Balaban J connectivity index is 2.64. The van der Waals surface area contributed by atoms with Crippen molar-refractivity contribution in [1.82, 2.24) is 10.3 Å². The second kappa shape index (κ2) is 7.45. The van der Waals surface area contributed by atoms with E-state index in [-0.39, 0.29) is 11.9 Å². The van der Waals surface area contributed by atoms with Crippen LogP contribution in [0.25, 0.3) is 0 Å². The molecule has 1 rings (SSSR count). The first kappa shape index (κ1) is 15.1. The maximum atomic E-state index is 11.9. The van der Waals surface area contributed by atoms with Crippen LogP contribution in [-0.4, -0.2) is 28.9 Å². The molecule has 4 N–H and O–H groups in total. The van der Waals surface area contributed by atoms with Gasteiger partial charge in [-0.3, -0.25) is 4.79 Å². The molecule has 1 aromatic heterocycles. The van der Waals surface area contributed by atoms with Gasteiger partial charge in [-0.05, 0) is 31.4 Å². The van der Waals surface area contributed by atoms with Crippen LogP contribution < -0.4 is 16.6 Å². The molecule has 0 bridgehead atoms. The van der Waals surface area contributed by atoms with E-state index in [2.05, 4.69) is 15.7 Å². The summed E-state index contributed by atoms with van der Waals surface area (Å²) in [6.07, 6.45) is 4.41. The van der Waals surface area contributed by atoms with E-state index in [1.165, 1.54) is 6.20 Å². The summed E-state index contributed by atoms with van der Waals surface area (Å²) in [5.74, 6) is 6.39. The molecule has 1 atom stereocenters. The average Bonchev–Trinajstić information content (AvgIpc) is 2.36. The number of carbonyl (C=O) groups excluding carboxylic acids is 1. The van der Waals surface area contributed by atoms with Gasteiger partial charge in [0.15, 0.2) is 5.82 Å². The largest absolute Gasteiger partial charge is 0.350 e. The molecule has 1 unspecified atom stereocenters. The SMILES string of the molecule is CSCCC(C)NC(=O)c1cnc(NN)c(Cl)c1. The molecular formula is C11H17ClN4OS. The van der Waals surface area contributed by atoms with E-state index in [9.17, 15) is 4.79 Å². The van der Waals surface area contributed by atoms with Crippen molar-refractivity contribution >= 4 is 35.1 Å². The fourth-order valence-corrected chi connectivity index (χ4v) is 2.15. The van der Waals surface area contributed by atoms with E-state index in [0.717, 1.165) is 12.2 Å². The summed E-state index contributed by atoms with van der Waals surface area (Å²) in [6.45, 7) is 1.97. The Morgan fingerprint density at radius 1 is 1.67 bits per heavy atom. The van der Waals surface area contributed by atoms with Crippen LogP contribution in [0.15, 0.2) is 12.3 Å². The molecule has 1 amide bonds. The zero-order chi connectivity index (χ0) is 13.5. The number of pyridine rings is 1. The van der Waals surface area contributed by atoms with E-state index in [1.807, 2.05) is 13.2 Å². The number of nitrogens with zero attached hydrogens (tertiary/aromatic N) is 1. The van der Waals surface area contributed by atoms with E-state index >= 15 is 0 Å². The minimum Gasteiger partial charge on any atom is -0.350 e. The van der Waals surface area contributed by atoms with Crippen LogP contribution in [0.3, 0.4) is 0 Å². The summed E-state index contributed by atoms with van der Waals surface area (Å²) in [5, 5.41) is 3.21. The molecule has 0 saturated heterocycles. The predicted octanol–water partition coefficient (Wildman–Crippen LogP) is 1.89. The molecule has 0 aliphatic heterocycles. The van der Waals surface area contributed by atoms with Crippen molar-refractivity contribution in [3.63, 3.8) is 0 Å². The lowest BCUT2D eigenvalue weighted by Gasteiger charge is -2.13. The Bertz CT molecular complexity index is 416. The third-order valence-corrected chi connectivity index (χ3v) is 3.30. The first-order valence-electron chi connectivity index (χ1n) is 5.50. The summed E-state index contributed by atoms with van der Waals surface area (Å²) in [6, 6.07) is 1.66. The first-order chi connectivity index (χ1) is 8.58. The third kappa shape index (κ3) is 4.36. The van der Waals surface area contributed by atoms with Gasteiger partial charge in [0.05, 0.1) is 10.6 Å². The highest BCUT2D eigenvalue weighted by Gasteiger charge is 2.12. The number of aromatic nitrogens is 1. The quantitative estimate of drug-likeness (QED) is 0.550. The standard InChI is InChI=1S/C11H17ClN4OS/c1-7(3-4-18-2)15-11(17)8-5-9(12)10(16-13)14-6-8/h5-7H,3-4,13H2,1-2H3,(H,14,16)(H,15,17). The van der Waals surface area contributed by atoms with Crippen molar-refractivity contribution < 1.29 is 4.79 Å². The van der Waals surface area contributed by atoms with Crippen molar-refractivity contribution in [3.05, 3.63) is 22.8 Å². The summed E-state index contributed by atoms with van der Waals surface area (Å²) in [5.41, 5.74) is 2.78. The minimum absolute atomic E-state index is 0.121. The monoisotopic (exact) mass is 288 g/mol. The second-order valence-corrected chi connectivity index (χ2v) is 5.25. The molecule has 5 nitrogen and oxygen atoms in total. The van der Waals surface area contributed by atoms with E-state index in [0.29, 0.717) is 16.4 Å². The number of halogens is 1. The number of thioether (sulfide) groups is 1. The summed E-state index contributed by atoms with van der Waals surface area (Å²) < 4.78 is 0. The topological polar surface area (TPSA) is 80.0 Å². The predicted molar refractivity (Wildman–Crippen MR) is 77.0 cm³/mol. The molecule has 18 heavy (non-hydrogen) atoms. The van der Waals surface area contributed by atoms with Crippen molar-refractivity contribution in [2.75, 3.05) is 17.4 Å². The lowest BCUT2D eigenvalue weighted by molar-refractivity contribution is 0.0939. The van der Waals surface area contributed by atoms with E-state index < -0.39 is 0 Å². The lowest BCUT2D eigenvalue weighted by Crippen LogP contribution is -2.33. The number of nitrogens with one attached hydrogen (secondary N) is 2. The van der Waals surface area contributed by atoms with Crippen LogP contribution in [0.1, 0.15) is 23.7 Å². The Kier molecular flexibility index (Phi) is 6.24. The molecule has 7 heteroatoms. The average molecular weight is 289 g/mol. The van der Waals surface area contributed by atoms with Gasteiger partial charge >= 0.3 is 0 Å². The van der Waals surface area contributed by atoms with Crippen LogP contribution in [0.4, 0.5) is 5.82 Å². The number of nitrogens with two attached hydrogens (primary N) is 1. The van der Waals surface area contributed by atoms with Crippen LogP contribution in [-0.2, 0) is 0 Å². The van der Waals surface area contributed by atoms with Gasteiger partial charge in [-0.25, -0.2) is 10.8 Å². The summed E-state index contributed by atoms with van der Waals surface area (Å²) >= 11 is 7.66. The Hall–Kier alpha value is -0.980. The maximum absolute atomic E-state index is 11.9. The highest BCUT2D eigenvalue weighted by Crippen LogP contribution is 2.18. The normalized spacial score (nSPS) is 12.0. The van der Waals surface area contributed by atoms with Crippen LogP contribution >= 0.6 is 23.4 Å². The number of anilines is 1. The maximum Gasteiger partial charge on any atom is 0.253 e. The van der Waals surface area contributed by atoms with Crippen molar-refractivity contribution in [2.45, 2.75) is 19.4 Å². The molecule has 0 radical (unpaired) electrons. The van der Waals surface area contributed by atoms with Crippen molar-refractivity contribution in [1.29, 1.82) is 0 Å². The molecule has 0 aliphatic carbocycles. The number of amides is 1. The Morgan fingerprint density at radius 3 is 2.94 bits per heavy atom. The molecule has 1 aromatic rings. The molecule has 0 fully saturated rings. The second-order valence-electron chi connectivity index (χ2n) is 3.85. The smallest absolute Gasteiger partial charge is 0.253 e. The number of hydrazine groups is 1. The summed E-state index contributed by atoms with van der Waals surface area (Å²) in [7, 11) is 0. The minimum atomic E-state index is -0.179. The Labute approximate surface area is 116 Å². The van der Waals surface area contributed by atoms with Crippen LogP contribution in [0, 0.1) is 0 Å². The molecule has 100 valence electrons. The fraction of sp³-hybridized carbons (Fsp3) is 0.455. The van der Waals surface area contributed by atoms with Gasteiger partial charge < -0.3 is 10.7 Å². The Morgan fingerprint density at radius 2 is 2.39 bits per heavy atom. The van der Waals surface area contributed by atoms with Gasteiger partial charge in [0.2, 0.25) is 0 Å². The highest BCUT2D eigenvalue weighted by molar-refractivity contribution is 7.98. The number of carbonyl (C=O) groups is 1. The van der Waals surface area contributed by atoms with Gasteiger partial charge in [-0.15, -0.1) is 0 Å². The highest BCUT2D eigenvalue weighted by atomic mass is 35.5. The van der Waals surface area contributed by atoms with Gasteiger partial charge in [0.25, 0.3) is 5.91 Å². The number of hydrogen-bond donors (Lipinski definition) is 3. The van der Waals surface area contributed by atoms with Gasteiger partial charge in [-0.2, -0.15) is 11.8 Å². The third-order valence-electron chi connectivity index (χ3n) is 2.37. The molecule has 0 aromatic carbocycles. The van der Waals surface area contributed by atoms with Gasteiger partial charge in [0, 0.05) is 12.2 Å². The number of nitrogen functional groups attached to an aromatic ring is 1. The van der Waals surface area contributed by atoms with Crippen molar-refractivity contribution in [2.24, 2.45) is 5.84 Å². The van der Waals surface area contributed by atoms with Gasteiger partial charge in [0.1, 0.15) is 0 Å². The summed E-state index contributed by atoms with van der Waals surface area (Å²) in [4.78, 5) is 15.9. The van der Waals surface area contributed by atoms with Crippen LogP contribution in [0.5, 0.6) is 0 Å². The zero-order valence-electron chi connectivity index (χ0n) is 10.4. The van der Waals surface area contributed by atoms with E-state index in [4.69, 9.17) is 17.4 Å². The van der Waals surface area contributed by atoms with E-state index in [1.54, 1.807) is 17.8 Å². The van der Waals surface area contributed by atoms with Crippen molar-refractivity contribution in [3.8, 4) is 0 Å². The van der Waals surface area contributed by atoms with Gasteiger partial charge in [-0.1, -0.05) is 11.6 Å². The fourth-order valence-electron chi connectivity index (χ4n) is 1.34. The molecule has 0 saturated carbocycles. The number of hydrogen-bond acceptors (Lipinski definition) is 5. The van der Waals surface area contributed by atoms with Crippen LogP contribution in [0.2, 0.25) is 5.02 Å². The molecule has 0 spiro atoms. The molecular weight excluding hydrogens is 272 g/mol. The lowest BCUT2D eigenvalue weighted by atomic mass is 10.2. The number of rotatable bonds is 6. The zero-order valence-corrected chi connectivity index (χ0v) is 11.9. The molecule has 0 aliphatic rings.